The Labute approximate surface area is 142 Å². The third-order valence-corrected chi connectivity index (χ3v) is 3.56. The van der Waals surface area contributed by atoms with E-state index in [-0.39, 0.29) is 0 Å². The van der Waals surface area contributed by atoms with Gasteiger partial charge in [0, 0.05) is 45.9 Å². The minimum Gasteiger partial charge on any atom is -0.381 e. The SMILES string of the molecule is CCNC(=NCCCOCC(C)C)NCCCN1CCOCC1. The molecule has 1 saturated heterocycles. The largest absolute Gasteiger partial charge is 0.381 e. The number of nitrogens with zero attached hydrogens (tertiary/aromatic N) is 2. The van der Waals surface area contributed by atoms with Gasteiger partial charge in [-0.1, -0.05) is 13.8 Å². The van der Waals surface area contributed by atoms with Crippen molar-refractivity contribution < 1.29 is 9.47 Å². The van der Waals surface area contributed by atoms with Crippen LogP contribution in [0.15, 0.2) is 4.99 Å². The maximum Gasteiger partial charge on any atom is 0.191 e. The van der Waals surface area contributed by atoms with Crippen LogP contribution in [0.2, 0.25) is 0 Å². The zero-order chi connectivity index (χ0) is 16.8. The molecular weight excluding hydrogens is 292 g/mol. The maximum absolute atomic E-state index is 5.58. The Morgan fingerprint density at radius 2 is 2.00 bits per heavy atom. The summed E-state index contributed by atoms with van der Waals surface area (Å²) in [4.78, 5) is 7.05. The molecule has 0 amide bonds. The summed E-state index contributed by atoms with van der Waals surface area (Å²) in [6.45, 7) is 15.7. The summed E-state index contributed by atoms with van der Waals surface area (Å²) in [5.74, 6) is 1.52. The van der Waals surface area contributed by atoms with Crippen LogP contribution in [0.5, 0.6) is 0 Å². The highest BCUT2D eigenvalue weighted by molar-refractivity contribution is 5.79. The second-order valence-corrected chi connectivity index (χ2v) is 6.32. The average Bonchev–Trinajstić information content (AvgIpc) is 2.55. The summed E-state index contributed by atoms with van der Waals surface area (Å²) in [5.41, 5.74) is 0. The second kappa shape index (κ2) is 13.6. The van der Waals surface area contributed by atoms with Crippen LogP contribution in [0.4, 0.5) is 0 Å². The molecule has 1 aliphatic heterocycles. The Hall–Kier alpha value is -0.850. The van der Waals surface area contributed by atoms with E-state index >= 15 is 0 Å². The quantitative estimate of drug-likeness (QED) is 0.340. The molecule has 0 aromatic heterocycles. The van der Waals surface area contributed by atoms with Crippen LogP contribution >= 0.6 is 0 Å². The summed E-state index contributed by atoms with van der Waals surface area (Å²) in [5, 5.41) is 6.70. The van der Waals surface area contributed by atoms with Gasteiger partial charge in [0.25, 0.3) is 0 Å². The first-order valence-corrected chi connectivity index (χ1v) is 9.12. The van der Waals surface area contributed by atoms with Crippen LogP contribution in [0.25, 0.3) is 0 Å². The van der Waals surface area contributed by atoms with Gasteiger partial charge in [-0.05, 0) is 32.2 Å². The van der Waals surface area contributed by atoms with Gasteiger partial charge in [0.15, 0.2) is 5.96 Å². The van der Waals surface area contributed by atoms with E-state index in [1.54, 1.807) is 0 Å². The molecule has 6 nitrogen and oxygen atoms in total. The highest BCUT2D eigenvalue weighted by atomic mass is 16.5. The molecule has 0 bridgehead atoms. The standard InChI is InChI=1S/C17H36N4O2/c1-4-18-17(20-8-6-12-23-15-16(2)3)19-7-5-9-21-10-13-22-14-11-21/h16H,4-15H2,1-3H3,(H2,18,19,20). The number of hydrogen-bond acceptors (Lipinski definition) is 4. The molecule has 1 aliphatic rings. The first-order valence-electron chi connectivity index (χ1n) is 9.12. The van der Waals surface area contributed by atoms with E-state index in [9.17, 15) is 0 Å². The Morgan fingerprint density at radius 1 is 1.22 bits per heavy atom. The molecule has 1 rings (SSSR count). The summed E-state index contributed by atoms with van der Waals surface area (Å²) >= 11 is 0. The number of rotatable bonds is 11. The van der Waals surface area contributed by atoms with Crippen molar-refractivity contribution >= 4 is 5.96 Å². The Kier molecular flexibility index (Phi) is 11.9. The van der Waals surface area contributed by atoms with Gasteiger partial charge >= 0.3 is 0 Å². The molecule has 1 heterocycles. The van der Waals surface area contributed by atoms with Crippen molar-refractivity contribution in [1.82, 2.24) is 15.5 Å². The molecule has 0 atom stereocenters. The van der Waals surface area contributed by atoms with Gasteiger partial charge in [-0.2, -0.15) is 0 Å². The lowest BCUT2D eigenvalue weighted by Crippen LogP contribution is -2.40. The van der Waals surface area contributed by atoms with E-state index in [2.05, 4.69) is 41.3 Å². The fourth-order valence-corrected chi connectivity index (χ4v) is 2.35. The van der Waals surface area contributed by atoms with Gasteiger partial charge in [0.05, 0.1) is 13.2 Å². The minimum atomic E-state index is 0.601. The highest BCUT2D eigenvalue weighted by Crippen LogP contribution is 1.97. The molecular formula is C17H36N4O2. The van der Waals surface area contributed by atoms with Gasteiger partial charge in [-0.15, -0.1) is 0 Å². The van der Waals surface area contributed by atoms with Crippen LogP contribution in [-0.2, 0) is 9.47 Å². The van der Waals surface area contributed by atoms with Crippen molar-refractivity contribution in [2.75, 3.05) is 65.7 Å². The highest BCUT2D eigenvalue weighted by Gasteiger charge is 2.09. The molecule has 6 heteroatoms. The molecule has 2 N–H and O–H groups in total. The van der Waals surface area contributed by atoms with E-state index in [4.69, 9.17) is 9.47 Å². The van der Waals surface area contributed by atoms with Crippen molar-refractivity contribution in [2.24, 2.45) is 10.9 Å². The average molecular weight is 329 g/mol. The second-order valence-electron chi connectivity index (χ2n) is 6.32. The molecule has 0 aromatic rings. The van der Waals surface area contributed by atoms with Crippen LogP contribution in [0.1, 0.15) is 33.6 Å². The van der Waals surface area contributed by atoms with Crippen LogP contribution < -0.4 is 10.6 Å². The van der Waals surface area contributed by atoms with E-state index in [1.165, 1.54) is 0 Å². The molecule has 0 aromatic carbocycles. The van der Waals surface area contributed by atoms with E-state index in [0.29, 0.717) is 5.92 Å². The summed E-state index contributed by atoms with van der Waals surface area (Å²) < 4.78 is 10.9. The number of ether oxygens (including phenoxy) is 2. The third kappa shape index (κ3) is 11.3. The van der Waals surface area contributed by atoms with Crippen molar-refractivity contribution in [1.29, 1.82) is 0 Å². The number of morpholine rings is 1. The van der Waals surface area contributed by atoms with Gasteiger partial charge in [0.2, 0.25) is 0 Å². The van der Waals surface area contributed by atoms with Crippen LogP contribution in [-0.4, -0.2) is 76.6 Å². The number of aliphatic imine (C=N–C) groups is 1. The van der Waals surface area contributed by atoms with Crippen molar-refractivity contribution in [3.8, 4) is 0 Å². The zero-order valence-electron chi connectivity index (χ0n) is 15.3. The molecule has 0 radical (unpaired) electrons. The first-order chi connectivity index (χ1) is 11.2. The monoisotopic (exact) mass is 328 g/mol. The van der Waals surface area contributed by atoms with E-state index < -0.39 is 0 Å². The summed E-state index contributed by atoms with van der Waals surface area (Å²) in [7, 11) is 0. The van der Waals surface area contributed by atoms with Crippen molar-refractivity contribution in [3.63, 3.8) is 0 Å². The Morgan fingerprint density at radius 3 is 2.70 bits per heavy atom. The van der Waals surface area contributed by atoms with Gasteiger partial charge in [-0.3, -0.25) is 9.89 Å². The van der Waals surface area contributed by atoms with E-state index in [0.717, 1.165) is 84.5 Å². The normalized spacial score (nSPS) is 16.8. The lowest BCUT2D eigenvalue weighted by Gasteiger charge is -2.26. The Bertz CT molecular complexity index is 305. The minimum absolute atomic E-state index is 0.601. The molecule has 23 heavy (non-hydrogen) atoms. The number of hydrogen-bond donors (Lipinski definition) is 2. The molecule has 136 valence electrons. The lowest BCUT2D eigenvalue weighted by atomic mass is 10.2. The molecule has 0 spiro atoms. The lowest BCUT2D eigenvalue weighted by molar-refractivity contribution is 0.0376. The van der Waals surface area contributed by atoms with Gasteiger partial charge in [0.1, 0.15) is 0 Å². The van der Waals surface area contributed by atoms with Crippen LogP contribution in [0, 0.1) is 5.92 Å². The zero-order valence-corrected chi connectivity index (χ0v) is 15.3. The maximum atomic E-state index is 5.58. The molecule has 0 aliphatic carbocycles. The molecule has 0 unspecified atom stereocenters. The number of nitrogens with one attached hydrogen (secondary N) is 2. The predicted molar refractivity (Wildman–Crippen MR) is 96.1 cm³/mol. The number of guanidine groups is 1. The van der Waals surface area contributed by atoms with E-state index in [1.807, 2.05) is 0 Å². The van der Waals surface area contributed by atoms with Crippen molar-refractivity contribution in [3.05, 3.63) is 0 Å². The molecule has 1 fully saturated rings. The van der Waals surface area contributed by atoms with Crippen molar-refractivity contribution in [2.45, 2.75) is 33.6 Å². The first kappa shape index (κ1) is 20.2. The molecule has 0 saturated carbocycles. The predicted octanol–water partition coefficient (Wildman–Crippen LogP) is 1.33. The Balaban J connectivity index is 2.08. The summed E-state index contributed by atoms with van der Waals surface area (Å²) in [6, 6.07) is 0. The van der Waals surface area contributed by atoms with Crippen LogP contribution in [0.3, 0.4) is 0 Å². The smallest absolute Gasteiger partial charge is 0.191 e. The summed E-state index contributed by atoms with van der Waals surface area (Å²) in [6.07, 6.45) is 2.10. The fourth-order valence-electron chi connectivity index (χ4n) is 2.35. The van der Waals surface area contributed by atoms with Gasteiger partial charge < -0.3 is 20.1 Å². The van der Waals surface area contributed by atoms with Gasteiger partial charge in [-0.25, -0.2) is 0 Å². The third-order valence-electron chi connectivity index (χ3n) is 3.56. The topological polar surface area (TPSA) is 58.1 Å². The fraction of sp³-hybridized carbons (Fsp3) is 0.941.